The van der Waals surface area contributed by atoms with Crippen LogP contribution >= 0.6 is 7.37 Å². The van der Waals surface area contributed by atoms with Crippen molar-refractivity contribution < 1.29 is 18.6 Å². The van der Waals surface area contributed by atoms with Gasteiger partial charge in [-0.3, -0.25) is 4.57 Å². The van der Waals surface area contributed by atoms with Crippen molar-refractivity contribution in [3.05, 3.63) is 30.3 Å². The van der Waals surface area contributed by atoms with E-state index in [1.807, 2.05) is 51.1 Å². The van der Waals surface area contributed by atoms with Crippen molar-refractivity contribution in [1.29, 1.82) is 0 Å². The van der Waals surface area contributed by atoms with Gasteiger partial charge in [-0.15, -0.1) is 0 Å². The average molecular weight is 314 g/mol. The van der Waals surface area contributed by atoms with E-state index in [0.717, 1.165) is 19.3 Å². The maximum Gasteiger partial charge on any atom is 0.286 e. The summed E-state index contributed by atoms with van der Waals surface area (Å²) < 4.78 is 30.5. The number of hydrogen-bond donors (Lipinski definition) is 0. The van der Waals surface area contributed by atoms with Crippen molar-refractivity contribution >= 4 is 12.7 Å². The van der Waals surface area contributed by atoms with Gasteiger partial charge >= 0.3 is 0 Å². The van der Waals surface area contributed by atoms with Crippen molar-refractivity contribution in [3.63, 3.8) is 0 Å². The lowest BCUT2D eigenvalue weighted by Gasteiger charge is -2.27. The molecule has 0 fully saturated rings. The maximum absolute atomic E-state index is 13.4. The van der Waals surface area contributed by atoms with Crippen molar-refractivity contribution in [1.82, 2.24) is 0 Å². The van der Waals surface area contributed by atoms with Gasteiger partial charge < -0.3 is 14.0 Å². The van der Waals surface area contributed by atoms with E-state index in [1.54, 1.807) is 0 Å². The fraction of sp³-hybridized carbons (Fsp3) is 0.625. The van der Waals surface area contributed by atoms with E-state index in [-0.39, 0.29) is 0 Å². The Morgan fingerprint density at radius 2 is 1.43 bits per heavy atom. The Bertz CT molecular complexity index is 414. The molecular formula is C16H27O4P. The van der Waals surface area contributed by atoms with Crippen molar-refractivity contribution in [3.8, 4) is 0 Å². The molecule has 0 aliphatic rings. The fourth-order valence-corrected chi connectivity index (χ4v) is 3.96. The summed E-state index contributed by atoms with van der Waals surface area (Å²) in [6, 6.07) is 8.40. The molecule has 0 saturated heterocycles. The van der Waals surface area contributed by atoms with E-state index in [4.69, 9.17) is 14.0 Å². The number of hydrogen-bond acceptors (Lipinski definition) is 4. The lowest BCUT2D eigenvalue weighted by molar-refractivity contribution is -0.0951. The second-order valence-electron chi connectivity index (χ2n) is 4.81. The predicted octanol–water partition coefficient (Wildman–Crippen LogP) is 4.15. The van der Waals surface area contributed by atoms with E-state index >= 15 is 0 Å². The van der Waals surface area contributed by atoms with Crippen LogP contribution in [0.5, 0.6) is 0 Å². The van der Waals surface area contributed by atoms with E-state index in [2.05, 4.69) is 0 Å². The molecular weight excluding hydrogens is 287 g/mol. The molecule has 0 radical (unpaired) electrons. The summed E-state index contributed by atoms with van der Waals surface area (Å²) in [6.45, 7) is 7.44. The zero-order chi connectivity index (χ0) is 15.6. The third-order valence-corrected chi connectivity index (χ3v) is 5.25. The quantitative estimate of drug-likeness (QED) is 0.454. The lowest BCUT2D eigenvalue weighted by atomic mass is 10.4. The average Bonchev–Trinajstić information content (AvgIpc) is 2.53. The van der Waals surface area contributed by atoms with Gasteiger partial charge in [-0.05, 0) is 31.4 Å². The van der Waals surface area contributed by atoms with Crippen molar-refractivity contribution in [2.45, 2.75) is 46.1 Å². The summed E-state index contributed by atoms with van der Waals surface area (Å²) in [5.41, 5.74) is 0. The van der Waals surface area contributed by atoms with Crippen LogP contribution in [0, 0.1) is 0 Å². The van der Waals surface area contributed by atoms with Crippen LogP contribution in [0.4, 0.5) is 0 Å². The van der Waals surface area contributed by atoms with Gasteiger partial charge in [0.05, 0.1) is 19.8 Å². The molecule has 4 nitrogen and oxygen atoms in total. The maximum atomic E-state index is 13.4. The minimum absolute atomic E-state index is 0.424. The normalized spacial score (nSPS) is 14.3. The van der Waals surface area contributed by atoms with Gasteiger partial charge in [0.1, 0.15) is 0 Å². The Morgan fingerprint density at radius 1 is 0.905 bits per heavy atom. The smallest absolute Gasteiger partial charge is 0.286 e. The SMILES string of the molecule is CCCOC(OCCC)[P@@](=O)(OCCC)c1ccccc1. The second-order valence-corrected chi connectivity index (χ2v) is 7.20. The molecule has 5 heteroatoms. The van der Waals surface area contributed by atoms with Crippen LogP contribution in [-0.2, 0) is 18.6 Å². The van der Waals surface area contributed by atoms with Gasteiger partial charge in [-0.1, -0.05) is 39.0 Å². The summed E-state index contributed by atoms with van der Waals surface area (Å²) in [7, 11) is -3.20. The molecule has 0 heterocycles. The van der Waals surface area contributed by atoms with Crippen LogP contribution in [0.1, 0.15) is 40.0 Å². The highest BCUT2D eigenvalue weighted by Crippen LogP contribution is 2.52. The first-order chi connectivity index (χ1) is 10.2. The Kier molecular flexibility index (Phi) is 8.86. The Balaban J connectivity index is 3.02. The van der Waals surface area contributed by atoms with Gasteiger partial charge in [0.15, 0.2) is 0 Å². The van der Waals surface area contributed by atoms with E-state index in [1.165, 1.54) is 0 Å². The monoisotopic (exact) mass is 314 g/mol. The van der Waals surface area contributed by atoms with Crippen LogP contribution in [0.15, 0.2) is 30.3 Å². The summed E-state index contributed by atoms with van der Waals surface area (Å²) in [5.74, 6) is 0. The summed E-state index contributed by atoms with van der Waals surface area (Å²) in [6.07, 6.45) is 2.48. The molecule has 0 amide bonds. The minimum atomic E-state index is -3.20. The number of rotatable bonds is 11. The predicted molar refractivity (Wildman–Crippen MR) is 86.2 cm³/mol. The Morgan fingerprint density at radius 3 is 1.90 bits per heavy atom. The molecule has 1 aromatic rings. The molecule has 0 saturated carbocycles. The first kappa shape index (κ1) is 18.4. The van der Waals surface area contributed by atoms with Gasteiger partial charge in [0.25, 0.3) is 7.37 Å². The van der Waals surface area contributed by atoms with Crippen LogP contribution in [0.25, 0.3) is 0 Å². The molecule has 0 bridgehead atoms. The molecule has 1 rings (SSSR count). The molecule has 0 aliphatic heterocycles. The van der Waals surface area contributed by atoms with E-state index < -0.39 is 13.4 Å². The number of ether oxygens (including phenoxy) is 2. The molecule has 120 valence electrons. The largest absolute Gasteiger partial charge is 0.344 e. The zero-order valence-electron chi connectivity index (χ0n) is 13.3. The Hall–Kier alpha value is -0.670. The molecule has 21 heavy (non-hydrogen) atoms. The lowest BCUT2D eigenvalue weighted by Crippen LogP contribution is -2.26. The standard InChI is InChI=1S/C16H27O4P/c1-4-12-18-16(19-13-5-2)21(17,20-14-6-3)15-10-8-7-9-11-15/h7-11,16H,4-6,12-14H2,1-3H3/t21-/m0/s1. The zero-order valence-corrected chi connectivity index (χ0v) is 14.2. The highest BCUT2D eigenvalue weighted by atomic mass is 31.2. The van der Waals surface area contributed by atoms with Gasteiger partial charge in [0, 0.05) is 5.30 Å². The topological polar surface area (TPSA) is 44.8 Å². The van der Waals surface area contributed by atoms with Crippen LogP contribution in [0.2, 0.25) is 0 Å². The van der Waals surface area contributed by atoms with Gasteiger partial charge in [0.2, 0.25) is 6.03 Å². The molecule has 1 atom stereocenters. The second kappa shape index (κ2) is 10.1. The van der Waals surface area contributed by atoms with E-state index in [0.29, 0.717) is 25.1 Å². The van der Waals surface area contributed by atoms with Crippen LogP contribution in [0.3, 0.4) is 0 Å². The van der Waals surface area contributed by atoms with Gasteiger partial charge in [-0.25, -0.2) is 0 Å². The number of benzene rings is 1. The first-order valence-corrected chi connectivity index (χ1v) is 9.41. The summed E-state index contributed by atoms with van der Waals surface area (Å²) in [5, 5.41) is 0.649. The highest BCUT2D eigenvalue weighted by molar-refractivity contribution is 7.67. The Labute approximate surface area is 128 Å². The van der Waals surface area contributed by atoms with Crippen LogP contribution < -0.4 is 5.30 Å². The molecule has 0 aliphatic carbocycles. The molecule has 0 N–H and O–H groups in total. The summed E-state index contributed by atoms with van der Waals surface area (Å²) in [4.78, 5) is 0. The molecule has 0 aromatic heterocycles. The highest BCUT2D eigenvalue weighted by Gasteiger charge is 2.38. The summed E-state index contributed by atoms with van der Waals surface area (Å²) >= 11 is 0. The third kappa shape index (κ3) is 5.55. The molecule has 0 spiro atoms. The molecule has 0 unspecified atom stereocenters. The third-order valence-electron chi connectivity index (χ3n) is 2.81. The molecule has 1 aromatic carbocycles. The fourth-order valence-electron chi connectivity index (χ4n) is 1.80. The minimum Gasteiger partial charge on any atom is -0.344 e. The van der Waals surface area contributed by atoms with E-state index in [9.17, 15) is 4.57 Å². The van der Waals surface area contributed by atoms with Crippen molar-refractivity contribution in [2.75, 3.05) is 19.8 Å². The van der Waals surface area contributed by atoms with Crippen molar-refractivity contribution in [2.24, 2.45) is 0 Å². The van der Waals surface area contributed by atoms with Gasteiger partial charge in [-0.2, -0.15) is 0 Å². The van der Waals surface area contributed by atoms with Crippen LogP contribution in [-0.4, -0.2) is 25.9 Å². The first-order valence-electron chi connectivity index (χ1n) is 7.72.